The van der Waals surface area contributed by atoms with E-state index in [1.807, 2.05) is 31.4 Å². The fraction of sp³-hybridized carbons (Fsp3) is 0.389. The lowest BCUT2D eigenvalue weighted by Crippen LogP contribution is -3.14. The number of rotatable bonds is 4. The SMILES string of the molecule is CC(=O)N(c1nc(C[NH+]2CCNC(=O)C2)cs1)c1c(C)cc(C)cc1Cl. The zero-order valence-corrected chi connectivity index (χ0v) is 16.6. The van der Waals surface area contributed by atoms with Crippen molar-refractivity contribution in [2.45, 2.75) is 27.3 Å². The Morgan fingerprint density at radius 3 is 2.85 bits per heavy atom. The van der Waals surface area contributed by atoms with Crippen molar-refractivity contribution in [1.29, 1.82) is 0 Å². The molecule has 2 amide bonds. The standard InChI is InChI=1S/C18H21ClN4O2S/c1-11-6-12(2)17(15(19)7-11)23(13(3)24)18-21-14(10-26-18)8-22-5-4-20-16(25)9-22/h6-7,10H,4-5,8-9H2,1-3H3,(H,20,25)/p+1. The fourth-order valence-corrected chi connectivity index (χ4v) is 4.50. The molecule has 1 aliphatic heterocycles. The van der Waals surface area contributed by atoms with E-state index < -0.39 is 0 Å². The number of hydrogen-bond donors (Lipinski definition) is 2. The molecule has 2 aromatic rings. The lowest BCUT2D eigenvalue weighted by atomic mass is 10.1. The monoisotopic (exact) mass is 393 g/mol. The Morgan fingerprint density at radius 2 is 2.19 bits per heavy atom. The van der Waals surface area contributed by atoms with Crippen LogP contribution in [0.15, 0.2) is 17.5 Å². The molecule has 2 N–H and O–H groups in total. The first-order valence-corrected chi connectivity index (χ1v) is 9.73. The van der Waals surface area contributed by atoms with Gasteiger partial charge in [-0.25, -0.2) is 4.98 Å². The van der Waals surface area contributed by atoms with Gasteiger partial charge in [0, 0.05) is 12.3 Å². The maximum Gasteiger partial charge on any atom is 0.275 e. The van der Waals surface area contributed by atoms with Gasteiger partial charge in [-0.1, -0.05) is 17.7 Å². The van der Waals surface area contributed by atoms with E-state index in [4.69, 9.17) is 11.6 Å². The van der Waals surface area contributed by atoms with Crippen LogP contribution in [0, 0.1) is 13.8 Å². The number of aryl methyl sites for hydroxylation is 2. The Morgan fingerprint density at radius 1 is 1.42 bits per heavy atom. The molecule has 26 heavy (non-hydrogen) atoms. The molecule has 138 valence electrons. The number of carbonyl (C=O) groups excluding carboxylic acids is 2. The molecular formula is C18H22ClN4O2S+. The van der Waals surface area contributed by atoms with Crippen molar-refractivity contribution in [2.75, 3.05) is 24.5 Å². The molecule has 1 aromatic heterocycles. The summed E-state index contributed by atoms with van der Waals surface area (Å²) in [5.74, 6) is -0.0708. The zero-order chi connectivity index (χ0) is 18.8. The number of aromatic nitrogens is 1. The predicted octanol–water partition coefficient (Wildman–Crippen LogP) is 1.61. The summed E-state index contributed by atoms with van der Waals surface area (Å²) in [6.07, 6.45) is 0. The summed E-state index contributed by atoms with van der Waals surface area (Å²) in [4.78, 5) is 31.3. The summed E-state index contributed by atoms with van der Waals surface area (Å²) < 4.78 is 0. The van der Waals surface area contributed by atoms with Gasteiger partial charge in [-0.15, -0.1) is 11.3 Å². The van der Waals surface area contributed by atoms with Crippen LogP contribution in [0.1, 0.15) is 23.7 Å². The normalized spacial score (nSPS) is 17.1. The Labute approximate surface area is 161 Å². The number of piperazine rings is 1. The minimum Gasteiger partial charge on any atom is -0.346 e. The van der Waals surface area contributed by atoms with Crippen molar-refractivity contribution < 1.29 is 14.5 Å². The van der Waals surface area contributed by atoms with E-state index in [1.54, 1.807) is 4.90 Å². The van der Waals surface area contributed by atoms with Crippen LogP contribution in [0.2, 0.25) is 5.02 Å². The summed E-state index contributed by atoms with van der Waals surface area (Å²) in [5.41, 5.74) is 3.53. The van der Waals surface area contributed by atoms with Gasteiger partial charge in [0.15, 0.2) is 11.7 Å². The van der Waals surface area contributed by atoms with E-state index in [0.29, 0.717) is 35.5 Å². The van der Waals surface area contributed by atoms with E-state index in [-0.39, 0.29) is 11.8 Å². The molecule has 6 nitrogen and oxygen atoms in total. The van der Waals surface area contributed by atoms with Gasteiger partial charge in [0.25, 0.3) is 5.91 Å². The fourth-order valence-electron chi connectivity index (χ4n) is 3.22. The van der Waals surface area contributed by atoms with Crippen molar-refractivity contribution in [1.82, 2.24) is 10.3 Å². The predicted molar refractivity (Wildman–Crippen MR) is 103 cm³/mol. The molecule has 3 rings (SSSR count). The number of hydrogen-bond acceptors (Lipinski definition) is 4. The summed E-state index contributed by atoms with van der Waals surface area (Å²) in [7, 11) is 0. The van der Waals surface area contributed by atoms with Gasteiger partial charge in [-0.2, -0.15) is 0 Å². The Bertz CT molecular complexity index is 828. The van der Waals surface area contributed by atoms with Gasteiger partial charge in [0.2, 0.25) is 5.91 Å². The van der Waals surface area contributed by atoms with Gasteiger partial charge in [0.1, 0.15) is 12.2 Å². The highest BCUT2D eigenvalue weighted by Gasteiger charge is 2.25. The molecule has 1 unspecified atom stereocenters. The first kappa shape index (κ1) is 18.8. The quantitative estimate of drug-likeness (QED) is 0.829. The second kappa shape index (κ2) is 7.73. The van der Waals surface area contributed by atoms with Gasteiger partial charge >= 0.3 is 0 Å². The Hall–Kier alpha value is -1.96. The molecule has 0 spiro atoms. The van der Waals surface area contributed by atoms with E-state index >= 15 is 0 Å². The number of anilines is 2. The highest BCUT2D eigenvalue weighted by atomic mass is 35.5. The van der Waals surface area contributed by atoms with Gasteiger partial charge in [-0.05, 0) is 31.0 Å². The Kier molecular flexibility index (Phi) is 5.60. The summed E-state index contributed by atoms with van der Waals surface area (Å²) >= 11 is 7.85. The van der Waals surface area contributed by atoms with Crippen LogP contribution < -0.4 is 15.1 Å². The highest BCUT2D eigenvalue weighted by molar-refractivity contribution is 7.14. The molecule has 0 radical (unpaired) electrons. The number of benzene rings is 1. The van der Waals surface area contributed by atoms with Gasteiger partial charge in [0.05, 0.1) is 23.8 Å². The number of quaternary nitrogens is 1. The largest absolute Gasteiger partial charge is 0.346 e. The third-order valence-electron chi connectivity index (χ3n) is 4.31. The molecule has 1 aliphatic rings. The van der Waals surface area contributed by atoms with Crippen molar-refractivity contribution in [3.05, 3.63) is 39.4 Å². The highest BCUT2D eigenvalue weighted by Crippen LogP contribution is 2.37. The number of carbonyl (C=O) groups is 2. The molecule has 2 heterocycles. The lowest BCUT2D eigenvalue weighted by Gasteiger charge is -2.23. The van der Waals surface area contributed by atoms with Crippen LogP contribution in [-0.2, 0) is 16.1 Å². The summed E-state index contributed by atoms with van der Waals surface area (Å²) in [5, 5.41) is 5.91. The molecular weight excluding hydrogens is 372 g/mol. The van der Waals surface area contributed by atoms with E-state index in [9.17, 15) is 9.59 Å². The molecule has 1 atom stereocenters. The molecule has 0 bridgehead atoms. The second-order valence-corrected chi connectivity index (χ2v) is 7.84. The number of halogens is 1. The maximum absolute atomic E-state index is 12.4. The maximum atomic E-state index is 12.4. The third kappa shape index (κ3) is 4.06. The minimum atomic E-state index is -0.135. The summed E-state index contributed by atoms with van der Waals surface area (Å²) in [6, 6.07) is 3.85. The number of amides is 2. The first-order chi connectivity index (χ1) is 12.3. The molecule has 1 saturated heterocycles. The van der Waals surface area contributed by atoms with E-state index in [0.717, 1.165) is 23.4 Å². The molecule has 1 aromatic carbocycles. The van der Waals surface area contributed by atoms with Gasteiger partial charge in [-0.3, -0.25) is 14.5 Å². The average molecular weight is 394 g/mol. The number of thiazole rings is 1. The molecule has 8 heteroatoms. The molecule has 0 aliphatic carbocycles. The van der Waals surface area contributed by atoms with Crippen molar-refractivity contribution in [2.24, 2.45) is 0 Å². The smallest absolute Gasteiger partial charge is 0.275 e. The van der Waals surface area contributed by atoms with Crippen LogP contribution in [0.4, 0.5) is 10.8 Å². The van der Waals surface area contributed by atoms with E-state index in [2.05, 4.69) is 10.3 Å². The number of nitrogens with zero attached hydrogens (tertiary/aromatic N) is 2. The zero-order valence-electron chi connectivity index (χ0n) is 15.1. The number of nitrogens with one attached hydrogen (secondary N) is 2. The first-order valence-electron chi connectivity index (χ1n) is 8.47. The van der Waals surface area contributed by atoms with Crippen molar-refractivity contribution in [3.63, 3.8) is 0 Å². The van der Waals surface area contributed by atoms with E-state index in [1.165, 1.54) is 23.2 Å². The lowest BCUT2D eigenvalue weighted by molar-refractivity contribution is -0.907. The van der Waals surface area contributed by atoms with Crippen molar-refractivity contribution in [3.8, 4) is 0 Å². The topological polar surface area (TPSA) is 66.7 Å². The van der Waals surface area contributed by atoms with Crippen molar-refractivity contribution >= 4 is 45.6 Å². The Balaban J connectivity index is 1.87. The summed E-state index contributed by atoms with van der Waals surface area (Å²) in [6.45, 7) is 8.09. The molecule has 0 saturated carbocycles. The van der Waals surface area contributed by atoms with Crippen LogP contribution >= 0.6 is 22.9 Å². The molecule has 1 fully saturated rings. The van der Waals surface area contributed by atoms with Crippen LogP contribution in [0.3, 0.4) is 0 Å². The average Bonchev–Trinajstić information content (AvgIpc) is 2.98. The van der Waals surface area contributed by atoms with Gasteiger partial charge < -0.3 is 10.2 Å². The van der Waals surface area contributed by atoms with Crippen LogP contribution in [-0.4, -0.2) is 36.4 Å². The third-order valence-corrected chi connectivity index (χ3v) is 5.47. The second-order valence-electron chi connectivity index (χ2n) is 6.59. The van der Waals surface area contributed by atoms with Crippen LogP contribution in [0.25, 0.3) is 0 Å². The van der Waals surface area contributed by atoms with Crippen LogP contribution in [0.5, 0.6) is 0 Å². The minimum absolute atomic E-state index is 0.0640.